The second-order valence-electron chi connectivity index (χ2n) is 5.40. The van der Waals surface area contributed by atoms with Gasteiger partial charge in [-0.1, -0.05) is 12.1 Å². The molecular formula is C15H18N3O3+. The van der Waals surface area contributed by atoms with Crippen molar-refractivity contribution in [3.63, 3.8) is 0 Å². The Bertz CT molecular complexity index is 718. The number of amides is 1. The standard InChI is InChI=1S/C15H17N3O3/c19-10-18-7-5-17(6-8-18)9-12-14(20)11-3-1-2-4-13(11)16-15(12)21/h1-4,10H,5-9H2,(H2,16,20,21)/p+1. The van der Waals surface area contributed by atoms with Gasteiger partial charge >= 0.3 is 0 Å². The molecule has 0 bridgehead atoms. The number of quaternary nitrogens is 1. The minimum atomic E-state index is -0.239. The Kier molecular flexibility index (Phi) is 3.62. The van der Waals surface area contributed by atoms with E-state index in [4.69, 9.17) is 0 Å². The average Bonchev–Trinajstić information content (AvgIpc) is 2.52. The highest BCUT2D eigenvalue weighted by Gasteiger charge is 2.22. The van der Waals surface area contributed by atoms with Crippen LogP contribution in [-0.2, 0) is 11.3 Å². The molecule has 0 aliphatic carbocycles. The van der Waals surface area contributed by atoms with E-state index in [9.17, 15) is 14.7 Å². The highest BCUT2D eigenvalue weighted by Crippen LogP contribution is 2.23. The third kappa shape index (κ3) is 2.62. The number of rotatable bonds is 3. The fourth-order valence-corrected chi connectivity index (χ4v) is 2.80. The van der Waals surface area contributed by atoms with E-state index in [1.807, 2.05) is 12.1 Å². The van der Waals surface area contributed by atoms with Crippen molar-refractivity contribution in [1.29, 1.82) is 0 Å². The third-order valence-corrected chi connectivity index (χ3v) is 4.07. The maximum atomic E-state index is 12.2. The first kappa shape index (κ1) is 13.6. The molecule has 0 spiro atoms. The van der Waals surface area contributed by atoms with Gasteiger partial charge in [-0.05, 0) is 12.1 Å². The molecular weight excluding hydrogens is 270 g/mol. The molecule has 2 aromatic rings. The molecule has 1 amide bonds. The van der Waals surface area contributed by atoms with Crippen molar-refractivity contribution in [3.8, 4) is 5.75 Å². The topological polar surface area (TPSA) is 77.8 Å². The Balaban J connectivity index is 1.87. The van der Waals surface area contributed by atoms with E-state index < -0.39 is 0 Å². The number of para-hydroxylation sites is 1. The van der Waals surface area contributed by atoms with Crippen LogP contribution in [0.5, 0.6) is 5.75 Å². The van der Waals surface area contributed by atoms with Crippen LogP contribution in [0.15, 0.2) is 29.1 Å². The van der Waals surface area contributed by atoms with Gasteiger partial charge in [0.1, 0.15) is 17.9 Å². The van der Waals surface area contributed by atoms with Crippen molar-refractivity contribution >= 4 is 17.3 Å². The molecule has 3 rings (SSSR count). The lowest BCUT2D eigenvalue weighted by Gasteiger charge is -2.29. The predicted octanol–water partition coefficient (Wildman–Crippen LogP) is -0.909. The molecule has 1 saturated heterocycles. The van der Waals surface area contributed by atoms with E-state index in [-0.39, 0.29) is 11.3 Å². The molecule has 3 N–H and O–H groups in total. The smallest absolute Gasteiger partial charge is 0.261 e. The number of benzene rings is 1. The highest BCUT2D eigenvalue weighted by atomic mass is 16.3. The van der Waals surface area contributed by atoms with Crippen LogP contribution in [-0.4, -0.2) is 47.6 Å². The normalized spacial score (nSPS) is 16.3. The number of fused-ring (bicyclic) bond motifs is 1. The molecule has 0 unspecified atom stereocenters. The average molecular weight is 288 g/mol. The Morgan fingerprint density at radius 1 is 1.29 bits per heavy atom. The highest BCUT2D eigenvalue weighted by molar-refractivity contribution is 5.85. The lowest BCUT2D eigenvalue weighted by molar-refractivity contribution is -0.917. The van der Waals surface area contributed by atoms with Gasteiger partial charge in [0.05, 0.1) is 31.7 Å². The van der Waals surface area contributed by atoms with Gasteiger partial charge in [0.2, 0.25) is 6.41 Å². The number of hydrogen-bond donors (Lipinski definition) is 3. The van der Waals surface area contributed by atoms with Gasteiger partial charge in [-0.25, -0.2) is 0 Å². The van der Waals surface area contributed by atoms with Crippen molar-refractivity contribution in [2.24, 2.45) is 0 Å². The van der Waals surface area contributed by atoms with Crippen molar-refractivity contribution < 1.29 is 14.8 Å². The first-order chi connectivity index (χ1) is 10.2. The molecule has 1 aliphatic rings. The van der Waals surface area contributed by atoms with Gasteiger partial charge in [0.15, 0.2) is 0 Å². The zero-order valence-corrected chi connectivity index (χ0v) is 11.6. The SMILES string of the molecule is O=CN1CC[NH+](Cc2c(O)c3ccccc3[nH]c2=O)CC1. The van der Waals surface area contributed by atoms with Crippen LogP contribution in [0.3, 0.4) is 0 Å². The second kappa shape index (κ2) is 5.57. The molecule has 1 fully saturated rings. The summed E-state index contributed by atoms with van der Waals surface area (Å²) in [6.45, 7) is 3.41. The quantitative estimate of drug-likeness (QED) is 0.640. The van der Waals surface area contributed by atoms with E-state index >= 15 is 0 Å². The summed E-state index contributed by atoms with van der Waals surface area (Å²) in [4.78, 5) is 28.6. The van der Waals surface area contributed by atoms with Crippen molar-refractivity contribution in [1.82, 2.24) is 9.88 Å². The summed E-state index contributed by atoms with van der Waals surface area (Å²) in [6.07, 6.45) is 0.858. The number of aromatic amines is 1. The van der Waals surface area contributed by atoms with E-state index in [1.54, 1.807) is 17.0 Å². The second-order valence-corrected chi connectivity index (χ2v) is 5.40. The van der Waals surface area contributed by atoms with E-state index in [0.29, 0.717) is 36.1 Å². The molecule has 1 aromatic heterocycles. The summed E-state index contributed by atoms with van der Waals surface area (Å²) in [5.41, 5.74) is 0.823. The number of nitrogens with zero attached hydrogens (tertiary/aromatic N) is 1. The number of carbonyl (C=O) groups is 1. The molecule has 1 aromatic carbocycles. The molecule has 110 valence electrons. The monoisotopic (exact) mass is 288 g/mol. The zero-order valence-electron chi connectivity index (χ0n) is 11.6. The van der Waals surface area contributed by atoms with E-state index in [0.717, 1.165) is 19.5 Å². The largest absolute Gasteiger partial charge is 0.507 e. The van der Waals surface area contributed by atoms with Crippen molar-refractivity contribution in [3.05, 3.63) is 40.2 Å². The number of carbonyl (C=O) groups excluding carboxylic acids is 1. The van der Waals surface area contributed by atoms with Crippen molar-refractivity contribution in [2.75, 3.05) is 26.2 Å². The summed E-state index contributed by atoms with van der Waals surface area (Å²) in [6, 6.07) is 7.22. The van der Waals surface area contributed by atoms with Crippen LogP contribution in [0, 0.1) is 0 Å². The Morgan fingerprint density at radius 2 is 2.00 bits per heavy atom. The number of hydrogen-bond acceptors (Lipinski definition) is 3. The maximum Gasteiger partial charge on any atom is 0.261 e. The van der Waals surface area contributed by atoms with Gasteiger partial charge in [0, 0.05) is 5.39 Å². The number of piperazine rings is 1. The molecule has 21 heavy (non-hydrogen) atoms. The van der Waals surface area contributed by atoms with Crippen LogP contribution in [0.4, 0.5) is 0 Å². The Hall–Kier alpha value is -2.34. The number of aromatic nitrogens is 1. The van der Waals surface area contributed by atoms with Gasteiger partial charge in [-0.2, -0.15) is 0 Å². The molecule has 6 nitrogen and oxygen atoms in total. The fourth-order valence-electron chi connectivity index (χ4n) is 2.80. The predicted molar refractivity (Wildman–Crippen MR) is 78.3 cm³/mol. The summed E-state index contributed by atoms with van der Waals surface area (Å²) in [5, 5.41) is 11.0. The fraction of sp³-hybridized carbons (Fsp3) is 0.333. The molecule has 1 aliphatic heterocycles. The lowest BCUT2D eigenvalue weighted by atomic mass is 10.1. The van der Waals surface area contributed by atoms with E-state index in [2.05, 4.69) is 4.98 Å². The summed E-state index contributed by atoms with van der Waals surface area (Å²) >= 11 is 0. The first-order valence-corrected chi connectivity index (χ1v) is 7.05. The van der Waals surface area contributed by atoms with Crippen molar-refractivity contribution in [2.45, 2.75) is 6.54 Å². The van der Waals surface area contributed by atoms with Crippen LogP contribution >= 0.6 is 0 Å². The van der Waals surface area contributed by atoms with Crippen LogP contribution in [0.25, 0.3) is 10.9 Å². The van der Waals surface area contributed by atoms with Gasteiger partial charge in [-0.3, -0.25) is 9.59 Å². The molecule has 0 atom stereocenters. The van der Waals surface area contributed by atoms with Gasteiger partial charge in [-0.15, -0.1) is 0 Å². The minimum Gasteiger partial charge on any atom is -0.507 e. The van der Waals surface area contributed by atoms with Gasteiger partial charge in [0.25, 0.3) is 5.56 Å². The summed E-state index contributed by atoms with van der Waals surface area (Å²) < 4.78 is 0. The van der Waals surface area contributed by atoms with E-state index in [1.165, 1.54) is 4.90 Å². The first-order valence-electron chi connectivity index (χ1n) is 7.05. The van der Waals surface area contributed by atoms with Gasteiger partial charge < -0.3 is 19.9 Å². The molecule has 0 saturated carbocycles. The minimum absolute atomic E-state index is 0.0691. The number of aromatic hydroxyl groups is 1. The van der Waals surface area contributed by atoms with Crippen LogP contribution < -0.4 is 10.5 Å². The third-order valence-electron chi connectivity index (χ3n) is 4.07. The Labute approximate surface area is 121 Å². The summed E-state index contributed by atoms with van der Waals surface area (Å²) in [7, 11) is 0. The molecule has 2 heterocycles. The summed E-state index contributed by atoms with van der Waals surface area (Å²) in [5.74, 6) is 0.0691. The zero-order chi connectivity index (χ0) is 14.8. The van der Waals surface area contributed by atoms with Crippen LogP contribution in [0.2, 0.25) is 0 Å². The van der Waals surface area contributed by atoms with Crippen LogP contribution in [0.1, 0.15) is 5.56 Å². The maximum absolute atomic E-state index is 12.2. The lowest BCUT2D eigenvalue weighted by Crippen LogP contribution is -3.13. The molecule has 0 radical (unpaired) electrons. The number of H-pyrrole nitrogens is 1. The molecule has 6 heteroatoms. The Morgan fingerprint density at radius 3 is 2.71 bits per heavy atom. The number of nitrogens with one attached hydrogen (secondary N) is 2. The number of pyridine rings is 1.